The maximum Gasteiger partial charge on any atom is 0.0714 e. The van der Waals surface area contributed by atoms with E-state index in [0.717, 1.165) is 25.0 Å². The van der Waals surface area contributed by atoms with E-state index < -0.39 is 0 Å². The molecule has 1 N–H and O–H groups in total. The summed E-state index contributed by atoms with van der Waals surface area (Å²) in [5, 5.41) is 15.2. The number of rotatable bonds is 6. The van der Waals surface area contributed by atoms with Crippen molar-refractivity contribution in [3.05, 3.63) is 18.0 Å². The quantitative estimate of drug-likeness (QED) is 0.861. The molecule has 2 heterocycles. The highest BCUT2D eigenvalue weighted by molar-refractivity contribution is 8.00. The van der Waals surface area contributed by atoms with Crippen molar-refractivity contribution in [2.24, 2.45) is 0 Å². The van der Waals surface area contributed by atoms with Gasteiger partial charge in [0.2, 0.25) is 0 Å². The van der Waals surface area contributed by atoms with Crippen LogP contribution in [0, 0.1) is 0 Å². The van der Waals surface area contributed by atoms with Gasteiger partial charge in [-0.1, -0.05) is 13.8 Å². The fraction of sp³-hybridized carbons (Fsp3) is 0.786. The van der Waals surface area contributed by atoms with Crippen LogP contribution in [0.2, 0.25) is 0 Å². The molecular weight excluding hydrogens is 244 g/mol. The zero-order chi connectivity index (χ0) is 13.0. The van der Waals surface area contributed by atoms with Crippen LogP contribution in [0.4, 0.5) is 0 Å². The molecule has 3 nitrogen and oxygen atoms in total. The van der Waals surface area contributed by atoms with E-state index in [1.807, 2.05) is 11.8 Å². The van der Waals surface area contributed by atoms with Gasteiger partial charge in [-0.25, -0.2) is 0 Å². The smallest absolute Gasteiger partial charge is 0.0714 e. The number of aromatic nitrogens is 2. The molecule has 0 bridgehead atoms. The lowest BCUT2D eigenvalue weighted by molar-refractivity contribution is 0.168. The lowest BCUT2D eigenvalue weighted by atomic mass is 10.1. The van der Waals surface area contributed by atoms with Crippen molar-refractivity contribution < 1.29 is 5.11 Å². The standard InChI is InChI=1S/C14H24N2OS/c1-3-12(4-2)16-8-7-11(15-16)10-13(17)14-6-5-9-18-14/h7-8,12-14,17H,3-6,9-10H2,1-2H3. The van der Waals surface area contributed by atoms with Gasteiger partial charge >= 0.3 is 0 Å². The van der Waals surface area contributed by atoms with E-state index in [9.17, 15) is 5.11 Å². The molecule has 0 radical (unpaired) electrons. The van der Waals surface area contributed by atoms with Gasteiger partial charge in [-0.2, -0.15) is 16.9 Å². The summed E-state index contributed by atoms with van der Waals surface area (Å²) in [7, 11) is 0. The molecule has 0 amide bonds. The first kappa shape index (κ1) is 13.9. The van der Waals surface area contributed by atoms with Crippen LogP contribution in [0.15, 0.2) is 12.3 Å². The van der Waals surface area contributed by atoms with Gasteiger partial charge in [-0.05, 0) is 37.5 Å². The van der Waals surface area contributed by atoms with Gasteiger partial charge in [-0.15, -0.1) is 0 Å². The highest BCUT2D eigenvalue weighted by Gasteiger charge is 2.24. The van der Waals surface area contributed by atoms with E-state index in [2.05, 4.69) is 35.9 Å². The van der Waals surface area contributed by atoms with Crippen LogP contribution in [0.5, 0.6) is 0 Å². The molecule has 2 atom stereocenters. The number of hydrogen-bond donors (Lipinski definition) is 1. The van der Waals surface area contributed by atoms with Crippen LogP contribution in [-0.2, 0) is 6.42 Å². The van der Waals surface area contributed by atoms with Crippen molar-refractivity contribution in [2.45, 2.75) is 63.3 Å². The number of nitrogens with zero attached hydrogens (tertiary/aromatic N) is 2. The zero-order valence-corrected chi connectivity index (χ0v) is 12.2. The van der Waals surface area contributed by atoms with E-state index in [1.54, 1.807) is 0 Å². The Morgan fingerprint density at radius 2 is 2.28 bits per heavy atom. The van der Waals surface area contributed by atoms with Crippen molar-refractivity contribution in [3.8, 4) is 0 Å². The van der Waals surface area contributed by atoms with Crippen molar-refractivity contribution in [1.82, 2.24) is 9.78 Å². The third-order valence-electron chi connectivity index (χ3n) is 3.79. The summed E-state index contributed by atoms with van der Waals surface area (Å²) >= 11 is 1.91. The molecule has 1 fully saturated rings. The second-order valence-corrected chi connectivity index (χ2v) is 6.43. The highest BCUT2D eigenvalue weighted by Crippen LogP contribution is 2.30. The summed E-state index contributed by atoms with van der Waals surface area (Å²) in [6, 6.07) is 2.55. The van der Waals surface area contributed by atoms with E-state index in [1.165, 1.54) is 12.2 Å². The summed E-state index contributed by atoms with van der Waals surface area (Å²) < 4.78 is 2.06. The lowest BCUT2D eigenvalue weighted by Gasteiger charge is -2.16. The Bertz CT molecular complexity index is 356. The highest BCUT2D eigenvalue weighted by atomic mass is 32.2. The molecule has 0 aromatic carbocycles. The zero-order valence-electron chi connectivity index (χ0n) is 11.4. The summed E-state index contributed by atoms with van der Waals surface area (Å²) in [6.45, 7) is 4.39. The first-order valence-corrected chi connectivity index (χ1v) is 8.13. The van der Waals surface area contributed by atoms with Crippen LogP contribution in [0.3, 0.4) is 0 Å². The van der Waals surface area contributed by atoms with Gasteiger partial charge < -0.3 is 5.11 Å². The van der Waals surface area contributed by atoms with Gasteiger partial charge in [0.1, 0.15) is 0 Å². The maximum atomic E-state index is 10.2. The minimum Gasteiger partial charge on any atom is -0.392 e. The second kappa shape index (κ2) is 6.62. The fourth-order valence-electron chi connectivity index (χ4n) is 2.60. The first-order chi connectivity index (χ1) is 8.74. The van der Waals surface area contributed by atoms with Crippen molar-refractivity contribution in [2.75, 3.05) is 5.75 Å². The van der Waals surface area contributed by atoms with Gasteiger partial charge in [-0.3, -0.25) is 4.68 Å². The molecule has 4 heteroatoms. The van der Waals surface area contributed by atoms with Gasteiger partial charge in [0, 0.05) is 17.9 Å². The average Bonchev–Trinajstić information content (AvgIpc) is 3.01. The van der Waals surface area contributed by atoms with Crippen LogP contribution < -0.4 is 0 Å². The Balaban J connectivity index is 1.93. The molecule has 1 aromatic rings. The van der Waals surface area contributed by atoms with E-state index in [0.29, 0.717) is 17.7 Å². The monoisotopic (exact) mass is 268 g/mol. The average molecular weight is 268 g/mol. The maximum absolute atomic E-state index is 10.2. The normalized spacial score (nSPS) is 21.7. The van der Waals surface area contributed by atoms with Gasteiger partial charge in [0.25, 0.3) is 0 Å². The van der Waals surface area contributed by atoms with Crippen molar-refractivity contribution in [3.63, 3.8) is 0 Å². The Morgan fingerprint density at radius 1 is 1.50 bits per heavy atom. The minimum atomic E-state index is -0.234. The largest absolute Gasteiger partial charge is 0.392 e. The Kier molecular flexibility index (Phi) is 5.13. The molecule has 0 spiro atoms. The summed E-state index contributed by atoms with van der Waals surface area (Å²) in [6.07, 6.45) is 7.14. The van der Waals surface area contributed by atoms with Crippen LogP contribution in [0.25, 0.3) is 0 Å². The minimum absolute atomic E-state index is 0.234. The number of thioether (sulfide) groups is 1. The van der Waals surface area contributed by atoms with Gasteiger partial charge in [0.05, 0.1) is 17.8 Å². The molecule has 0 aliphatic carbocycles. The summed E-state index contributed by atoms with van der Waals surface area (Å²) in [5.41, 5.74) is 1.03. The van der Waals surface area contributed by atoms with E-state index in [-0.39, 0.29) is 6.10 Å². The molecule has 1 aliphatic rings. The topological polar surface area (TPSA) is 38.0 Å². The fourth-order valence-corrected chi connectivity index (χ4v) is 3.89. The Labute approximate surface area is 114 Å². The third kappa shape index (κ3) is 3.29. The Hall–Kier alpha value is -0.480. The summed E-state index contributed by atoms with van der Waals surface area (Å²) in [4.78, 5) is 0. The molecule has 0 saturated carbocycles. The van der Waals surface area contributed by atoms with Crippen LogP contribution in [-0.4, -0.2) is 32.0 Å². The molecule has 2 unspecified atom stereocenters. The molecule has 102 valence electrons. The molecular formula is C14H24N2OS. The van der Waals surface area contributed by atoms with E-state index in [4.69, 9.17) is 0 Å². The predicted molar refractivity (Wildman–Crippen MR) is 77.0 cm³/mol. The molecule has 1 saturated heterocycles. The molecule has 2 rings (SSSR count). The second-order valence-electron chi connectivity index (χ2n) is 5.08. The van der Waals surface area contributed by atoms with E-state index >= 15 is 0 Å². The molecule has 18 heavy (non-hydrogen) atoms. The SMILES string of the molecule is CCC(CC)n1ccc(CC(O)C2CCCS2)n1. The van der Waals surface area contributed by atoms with Crippen molar-refractivity contribution in [1.29, 1.82) is 0 Å². The predicted octanol–water partition coefficient (Wildman–Crippen LogP) is 3.04. The first-order valence-electron chi connectivity index (χ1n) is 7.08. The number of aliphatic hydroxyl groups excluding tert-OH is 1. The van der Waals surface area contributed by atoms with Crippen LogP contribution in [0.1, 0.15) is 51.3 Å². The lowest BCUT2D eigenvalue weighted by Crippen LogP contribution is -2.23. The van der Waals surface area contributed by atoms with Crippen molar-refractivity contribution >= 4 is 11.8 Å². The Morgan fingerprint density at radius 3 is 2.89 bits per heavy atom. The molecule has 1 aliphatic heterocycles. The van der Waals surface area contributed by atoms with Crippen LogP contribution >= 0.6 is 11.8 Å². The third-order valence-corrected chi connectivity index (χ3v) is 5.29. The molecule has 1 aromatic heterocycles. The van der Waals surface area contributed by atoms with Gasteiger partial charge in [0.15, 0.2) is 0 Å². The summed E-state index contributed by atoms with van der Waals surface area (Å²) in [5.74, 6) is 1.20. The number of aliphatic hydroxyl groups is 1. The number of hydrogen-bond acceptors (Lipinski definition) is 3.